The molecule has 0 bridgehead atoms. The van der Waals surface area contributed by atoms with Crippen molar-refractivity contribution in [3.8, 4) is 5.75 Å². The van der Waals surface area contributed by atoms with Crippen LogP contribution in [0.4, 0.5) is 4.39 Å². The summed E-state index contributed by atoms with van der Waals surface area (Å²) in [4.78, 5) is 0. The first-order chi connectivity index (χ1) is 10.2. The summed E-state index contributed by atoms with van der Waals surface area (Å²) in [5.41, 5.74) is 9.54. The Kier molecular flexibility index (Phi) is 2.96. The lowest BCUT2D eigenvalue weighted by molar-refractivity contribution is 0.161. The summed E-state index contributed by atoms with van der Waals surface area (Å²) in [6, 6.07) is 13.0. The van der Waals surface area contributed by atoms with Gasteiger partial charge in [0.25, 0.3) is 0 Å². The van der Waals surface area contributed by atoms with Crippen LogP contribution in [0.25, 0.3) is 0 Å². The standard InChI is InChI=1S/C18H18FNO/c19-14-6-7-17-15(9-14)16(20)10-18(21-17)13-3-1-2-12(8-13)11-4-5-11/h1-3,6-9,11,16,18H,4-5,10,20H2/t16-,18?/m0/s1. The molecule has 2 aromatic carbocycles. The van der Waals surface area contributed by atoms with Gasteiger partial charge in [0.15, 0.2) is 0 Å². The fourth-order valence-electron chi connectivity index (χ4n) is 3.11. The predicted octanol–water partition coefficient (Wildman–Crippen LogP) is 4.23. The Labute approximate surface area is 123 Å². The first kappa shape index (κ1) is 12.8. The van der Waals surface area contributed by atoms with Gasteiger partial charge in [-0.1, -0.05) is 24.3 Å². The lowest BCUT2D eigenvalue weighted by Crippen LogP contribution is -2.24. The highest BCUT2D eigenvalue weighted by Gasteiger charge is 2.29. The van der Waals surface area contributed by atoms with Gasteiger partial charge in [-0.2, -0.15) is 0 Å². The number of rotatable bonds is 2. The van der Waals surface area contributed by atoms with Crippen molar-refractivity contribution in [2.24, 2.45) is 5.73 Å². The van der Waals surface area contributed by atoms with Gasteiger partial charge in [-0.15, -0.1) is 0 Å². The number of ether oxygens (including phenoxy) is 1. The van der Waals surface area contributed by atoms with Crippen LogP contribution in [0.3, 0.4) is 0 Å². The van der Waals surface area contributed by atoms with Crippen LogP contribution in [0.1, 0.15) is 54.0 Å². The fraction of sp³-hybridized carbons (Fsp3) is 0.333. The maximum atomic E-state index is 13.3. The van der Waals surface area contributed by atoms with Crippen LogP contribution in [0.2, 0.25) is 0 Å². The van der Waals surface area contributed by atoms with E-state index in [2.05, 4.69) is 24.3 Å². The number of hydrogen-bond donors (Lipinski definition) is 1. The summed E-state index contributed by atoms with van der Waals surface area (Å²) in [5, 5.41) is 0. The summed E-state index contributed by atoms with van der Waals surface area (Å²) in [6.45, 7) is 0. The molecule has 2 aromatic rings. The molecule has 1 unspecified atom stereocenters. The largest absolute Gasteiger partial charge is 0.485 e. The SMILES string of the molecule is N[C@H]1CC(c2cccc(C3CC3)c2)Oc2ccc(F)cc21. The van der Waals surface area contributed by atoms with Gasteiger partial charge in [-0.05, 0) is 48.1 Å². The highest BCUT2D eigenvalue weighted by atomic mass is 19.1. The van der Waals surface area contributed by atoms with Crippen LogP contribution in [0.5, 0.6) is 5.75 Å². The Morgan fingerprint density at radius 2 is 1.86 bits per heavy atom. The van der Waals surface area contributed by atoms with Crippen molar-refractivity contribution in [1.82, 2.24) is 0 Å². The summed E-state index contributed by atoms with van der Waals surface area (Å²) in [6.07, 6.45) is 3.22. The average Bonchev–Trinajstić information content (AvgIpc) is 3.33. The van der Waals surface area contributed by atoms with Crippen molar-refractivity contribution in [3.63, 3.8) is 0 Å². The minimum absolute atomic E-state index is 0.0448. The summed E-state index contributed by atoms with van der Waals surface area (Å²) >= 11 is 0. The monoisotopic (exact) mass is 283 g/mol. The smallest absolute Gasteiger partial charge is 0.126 e. The van der Waals surface area contributed by atoms with Crippen molar-refractivity contribution in [2.45, 2.75) is 37.3 Å². The lowest BCUT2D eigenvalue weighted by atomic mass is 9.92. The third-order valence-electron chi connectivity index (χ3n) is 4.44. The highest BCUT2D eigenvalue weighted by molar-refractivity contribution is 5.40. The van der Waals surface area contributed by atoms with Crippen LogP contribution < -0.4 is 10.5 Å². The van der Waals surface area contributed by atoms with Crippen LogP contribution in [-0.2, 0) is 0 Å². The molecule has 2 N–H and O–H groups in total. The van der Waals surface area contributed by atoms with Crippen LogP contribution in [-0.4, -0.2) is 0 Å². The molecule has 108 valence electrons. The van der Waals surface area contributed by atoms with Crippen LogP contribution in [0, 0.1) is 5.82 Å². The molecule has 3 heteroatoms. The van der Waals surface area contributed by atoms with Gasteiger partial charge < -0.3 is 10.5 Å². The molecule has 1 fully saturated rings. The molecular weight excluding hydrogens is 265 g/mol. The van der Waals surface area contributed by atoms with Gasteiger partial charge in [-0.25, -0.2) is 4.39 Å². The lowest BCUT2D eigenvalue weighted by Gasteiger charge is -2.30. The Balaban J connectivity index is 1.65. The first-order valence-electron chi connectivity index (χ1n) is 7.52. The van der Waals surface area contributed by atoms with E-state index >= 15 is 0 Å². The molecule has 2 aliphatic rings. The fourth-order valence-corrected chi connectivity index (χ4v) is 3.11. The van der Waals surface area contributed by atoms with Crippen molar-refractivity contribution in [1.29, 1.82) is 0 Å². The summed E-state index contributed by atoms with van der Waals surface area (Å²) in [7, 11) is 0. The molecule has 1 aliphatic carbocycles. The molecule has 0 aromatic heterocycles. The van der Waals surface area contributed by atoms with E-state index in [4.69, 9.17) is 10.5 Å². The van der Waals surface area contributed by atoms with Crippen molar-refractivity contribution < 1.29 is 9.13 Å². The third kappa shape index (κ3) is 2.42. The summed E-state index contributed by atoms with van der Waals surface area (Å²) in [5.74, 6) is 1.17. The number of benzene rings is 2. The molecule has 21 heavy (non-hydrogen) atoms. The van der Waals surface area contributed by atoms with E-state index in [1.54, 1.807) is 6.07 Å². The zero-order valence-corrected chi connectivity index (χ0v) is 11.8. The Morgan fingerprint density at radius 1 is 1.05 bits per heavy atom. The first-order valence-corrected chi connectivity index (χ1v) is 7.52. The molecular formula is C18H18FNO. The molecule has 1 saturated carbocycles. The second kappa shape index (κ2) is 4.85. The van der Waals surface area contributed by atoms with E-state index < -0.39 is 0 Å². The Hall–Kier alpha value is -1.87. The molecule has 1 aliphatic heterocycles. The molecule has 2 nitrogen and oxygen atoms in total. The van der Waals surface area contributed by atoms with Crippen molar-refractivity contribution in [3.05, 3.63) is 65.0 Å². The Bertz CT molecular complexity index is 681. The van der Waals surface area contributed by atoms with E-state index in [0.29, 0.717) is 12.2 Å². The van der Waals surface area contributed by atoms with Gasteiger partial charge in [0.1, 0.15) is 17.7 Å². The third-order valence-corrected chi connectivity index (χ3v) is 4.44. The quantitative estimate of drug-likeness (QED) is 0.895. The molecule has 2 atom stereocenters. The molecule has 0 amide bonds. The number of fused-ring (bicyclic) bond motifs is 1. The van der Waals surface area contributed by atoms with E-state index in [1.165, 1.54) is 36.1 Å². The van der Waals surface area contributed by atoms with E-state index in [0.717, 1.165) is 11.5 Å². The highest BCUT2D eigenvalue weighted by Crippen LogP contribution is 2.43. The van der Waals surface area contributed by atoms with Gasteiger partial charge in [0, 0.05) is 18.0 Å². The van der Waals surface area contributed by atoms with E-state index in [-0.39, 0.29) is 18.0 Å². The van der Waals surface area contributed by atoms with Crippen molar-refractivity contribution >= 4 is 0 Å². The number of hydrogen-bond acceptors (Lipinski definition) is 2. The minimum Gasteiger partial charge on any atom is -0.485 e. The average molecular weight is 283 g/mol. The molecule has 1 heterocycles. The van der Waals surface area contributed by atoms with E-state index in [9.17, 15) is 4.39 Å². The van der Waals surface area contributed by atoms with Crippen LogP contribution in [0.15, 0.2) is 42.5 Å². The second-order valence-electron chi connectivity index (χ2n) is 6.08. The van der Waals surface area contributed by atoms with Crippen LogP contribution >= 0.6 is 0 Å². The summed E-state index contributed by atoms with van der Waals surface area (Å²) < 4.78 is 19.4. The van der Waals surface area contributed by atoms with Gasteiger partial charge in [0.2, 0.25) is 0 Å². The number of nitrogens with two attached hydrogens (primary N) is 1. The number of halogens is 1. The second-order valence-corrected chi connectivity index (χ2v) is 6.08. The topological polar surface area (TPSA) is 35.2 Å². The van der Waals surface area contributed by atoms with Crippen molar-refractivity contribution in [2.75, 3.05) is 0 Å². The minimum atomic E-state index is -0.262. The molecule has 0 radical (unpaired) electrons. The molecule has 0 spiro atoms. The zero-order valence-electron chi connectivity index (χ0n) is 11.8. The molecule has 0 saturated heterocycles. The van der Waals surface area contributed by atoms with E-state index in [1.807, 2.05) is 0 Å². The normalized spacial score (nSPS) is 24.3. The van der Waals surface area contributed by atoms with Gasteiger partial charge in [0.05, 0.1) is 0 Å². The zero-order chi connectivity index (χ0) is 14.4. The van der Waals surface area contributed by atoms with Gasteiger partial charge in [-0.3, -0.25) is 0 Å². The van der Waals surface area contributed by atoms with Gasteiger partial charge >= 0.3 is 0 Å². The maximum Gasteiger partial charge on any atom is 0.126 e. The Morgan fingerprint density at radius 3 is 2.67 bits per heavy atom. The predicted molar refractivity (Wildman–Crippen MR) is 79.7 cm³/mol. The molecule has 4 rings (SSSR count). The maximum absolute atomic E-state index is 13.3.